The second-order valence-electron chi connectivity index (χ2n) is 7.09. The largest absolute Gasteiger partial charge is 0.343 e. The van der Waals surface area contributed by atoms with E-state index in [-0.39, 0.29) is 5.91 Å². The Bertz CT molecular complexity index is 878. The minimum Gasteiger partial charge on any atom is -0.343 e. The van der Waals surface area contributed by atoms with Crippen molar-refractivity contribution in [2.24, 2.45) is 0 Å². The fourth-order valence-electron chi connectivity index (χ4n) is 3.49. The highest BCUT2D eigenvalue weighted by Gasteiger charge is 2.25. The van der Waals surface area contributed by atoms with Gasteiger partial charge in [0.1, 0.15) is 0 Å². The highest BCUT2D eigenvalue weighted by Crippen LogP contribution is 2.34. The lowest BCUT2D eigenvalue weighted by Gasteiger charge is -2.31. The molecule has 2 aromatic carbocycles. The summed E-state index contributed by atoms with van der Waals surface area (Å²) in [5, 5.41) is 1.23. The van der Waals surface area contributed by atoms with Crippen LogP contribution in [-0.4, -0.2) is 34.6 Å². The maximum atomic E-state index is 12.5. The Morgan fingerprint density at radius 1 is 1.15 bits per heavy atom. The SMILES string of the molecule is Cc1ccc(SCCC(=O)N2CCC(c3nc4ccccc4s3)CC2)cc1. The highest BCUT2D eigenvalue weighted by molar-refractivity contribution is 7.99. The Labute approximate surface area is 168 Å². The average molecular weight is 397 g/mol. The second kappa shape index (κ2) is 8.44. The van der Waals surface area contributed by atoms with Gasteiger partial charge in [-0.1, -0.05) is 29.8 Å². The van der Waals surface area contributed by atoms with Crippen LogP contribution in [0.3, 0.4) is 0 Å². The topological polar surface area (TPSA) is 33.2 Å². The molecule has 3 aromatic rings. The van der Waals surface area contributed by atoms with Crippen molar-refractivity contribution in [1.82, 2.24) is 9.88 Å². The molecule has 0 aliphatic carbocycles. The molecule has 1 fully saturated rings. The number of thioether (sulfide) groups is 1. The van der Waals surface area contributed by atoms with E-state index < -0.39 is 0 Å². The average Bonchev–Trinajstić information content (AvgIpc) is 3.14. The number of thiazole rings is 1. The second-order valence-corrected chi connectivity index (χ2v) is 9.32. The lowest BCUT2D eigenvalue weighted by molar-refractivity contribution is -0.131. The first-order valence-corrected chi connectivity index (χ1v) is 11.3. The molecule has 0 N–H and O–H groups in total. The first-order valence-electron chi connectivity index (χ1n) is 9.52. The molecule has 0 unspecified atom stereocenters. The van der Waals surface area contributed by atoms with Crippen LogP contribution < -0.4 is 0 Å². The fraction of sp³-hybridized carbons (Fsp3) is 0.364. The molecule has 1 aromatic heterocycles. The summed E-state index contributed by atoms with van der Waals surface area (Å²) in [5.41, 5.74) is 2.37. The summed E-state index contributed by atoms with van der Waals surface area (Å²) in [5.74, 6) is 1.63. The first-order chi connectivity index (χ1) is 13.2. The van der Waals surface area contributed by atoms with Gasteiger partial charge in [0.15, 0.2) is 0 Å². The maximum absolute atomic E-state index is 12.5. The molecule has 3 nitrogen and oxygen atoms in total. The smallest absolute Gasteiger partial charge is 0.223 e. The van der Waals surface area contributed by atoms with Crippen LogP contribution in [0.1, 0.15) is 35.8 Å². The van der Waals surface area contributed by atoms with Crippen LogP contribution in [0.25, 0.3) is 10.2 Å². The van der Waals surface area contributed by atoms with Crippen LogP contribution in [0.5, 0.6) is 0 Å². The number of para-hydroxylation sites is 1. The highest BCUT2D eigenvalue weighted by atomic mass is 32.2. The summed E-state index contributed by atoms with van der Waals surface area (Å²) < 4.78 is 1.26. The van der Waals surface area contributed by atoms with Crippen LogP contribution in [-0.2, 0) is 4.79 Å². The molecule has 1 aliphatic rings. The van der Waals surface area contributed by atoms with E-state index in [1.54, 1.807) is 11.8 Å². The number of aryl methyl sites for hydroxylation is 1. The van der Waals surface area contributed by atoms with E-state index in [9.17, 15) is 4.79 Å². The quantitative estimate of drug-likeness (QED) is 0.534. The summed E-state index contributed by atoms with van der Waals surface area (Å²) >= 11 is 3.57. The van der Waals surface area contributed by atoms with E-state index >= 15 is 0 Å². The van der Waals surface area contributed by atoms with Crippen LogP contribution in [0.4, 0.5) is 0 Å². The molecular formula is C22H24N2OS2. The monoisotopic (exact) mass is 396 g/mol. The third-order valence-electron chi connectivity index (χ3n) is 5.11. The summed E-state index contributed by atoms with van der Waals surface area (Å²) in [4.78, 5) is 20.6. The van der Waals surface area contributed by atoms with Crippen molar-refractivity contribution in [1.29, 1.82) is 0 Å². The molecular weight excluding hydrogens is 372 g/mol. The molecule has 0 spiro atoms. The number of aromatic nitrogens is 1. The number of carbonyl (C=O) groups excluding carboxylic acids is 1. The standard InChI is InChI=1S/C22H24N2OS2/c1-16-6-8-18(9-7-16)26-15-12-21(25)24-13-10-17(11-14-24)22-23-19-4-2-3-5-20(19)27-22/h2-9,17H,10-15H2,1H3. The summed E-state index contributed by atoms with van der Waals surface area (Å²) in [7, 11) is 0. The van der Waals surface area contributed by atoms with Gasteiger partial charge in [0, 0.05) is 36.1 Å². The Kier molecular flexibility index (Phi) is 5.79. The van der Waals surface area contributed by atoms with E-state index in [2.05, 4.69) is 49.4 Å². The molecule has 0 saturated carbocycles. The molecule has 4 rings (SSSR count). The third-order valence-corrected chi connectivity index (χ3v) is 7.33. The van der Waals surface area contributed by atoms with Crippen molar-refractivity contribution < 1.29 is 4.79 Å². The van der Waals surface area contributed by atoms with Gasteiger partial charge >= 0.3 is 0 Å². The Morgan fingerprint density at radius 2 is 1.89 bits per heavy atom. The van der Waals surface area contributed by atoms with Crippen molar-refractivity contribution in [3.8, 4) is 0 Å². The Hall–Kier alpha value is -1.85. The number of fused-ring (bicyclic) bond motifs is 1. The minimum atomic E-state index is 0.289. The predicted octanol–water partition coefficient (Wildman–Crippen LogP) is 5.49. The Morgan fingerprint density at radius 3 is 2.63 bits per heavy atom. The molecule has 1 saturated heterocycles. The number of rotatable bonds is 5. The van der Waals surface area contributed by atoms with Gasteiger partial charge in [-0.15, -0.1) is 23.1 Å². The van der Waals surface area contributed by atoms with Gasteiger partial charge in [-0.05, 0) is 44.0 Å². The predicted molar refractivity (Wildman–Crippen MR) is 115 cm³/mol. The molecule has 140 valence electrons. The zero-order chi connectivity index (χ0) is 18.6. The van der Waals surface area contributed by atoms with Crippen molar-refractivity contribution in [2.45, 2.75) is 37.0 Å². The summed E-state index contributed by atoms with van der Waals surface area (Å²) in [6.07, 6.45) is 2.66. The van der Waals surface area contributed by atoms with E-state index in [0.717, 1.165) is 37.2 Å². The van der Waals surface area contributed by atoms with E-state index in [0.29, 0.717) is 12.3 Å². The maximum Gasteiger partial charge on any atom is 0.223 e. The van der Waals surface area contributed by atoms with Crippen LogP contribution >= 0.6 is 23.1 Å². The number of amides is 1. The van der Waals surface area contributed by atoms with Gasteiger partial charge in [0.05, 0.1) is 15.2 Å². The zero-order valence-electron chi connectivity index (χ0n) is 15.6. The number of likely N-dealkylation sites (tertiary alicyclic amines) is 1. The lowest BCUT2D eigenvalue weighted by Crippen LogP contribution is -2.38. The van der Waals surface area contributed by atoms with Gasteiger partial charge in [0.2, 0.25) is 5.91 Å². The third kappa shape index (κ3) is 4.53. The summed E-state index contributed by atoms with van der Waals surface area (Å²) in [6, 6.07) is 16.8. The number of benzene rings is 2. The van der Waals surface area contributed by atoms with Crippen molar-refractivity contribution in [2.75, 3.05) is 18.8 Å². The molecule has 1 amide bonds. The van der Waals surface area contributed by atoms with Crippen LogP contribution in [0.15, 0.2) is 53.4 Å². The molecule has 1 aliphatic heterocycles. The van der Waals surface area contributed by atoms with Crippen LogP contribution in [0, 0.1) is 6.92 Å². The lowest BCUT2D eigenvalue weighted by atomic mass is 9.97. The van der Waals surface area contributed by atoms with Crippen molar-refractivity contribution >= 4 is 39.2 Å². The number of piperidine rings is 1. The Balaban J connectivity index is 1.25. The first kappa shape index (κ1) is 18.5. The molecule has 5 heteroatoms. The van der Waals surface area contributed by atoms with Crippen molar-refractivity contribution in [3.05, 3.63) is 59.1 Å². The molecule has 0 radical (unpaired) electrons. The number of hydrogen-bond donors (Lipinski definition) is 0. The van der Waals surface area contributed by atoms with Gasteiger partial charge < -0.3 is 4.90 Å². The van der Waals surface area contributed by atoms with Gasteiger partial charge in [-0.3, -0.25) is 4.79 Å². The summed E-state index contributed by atoms with van der Waals surface area (Å²) in [6.45, 7) is 3.80. The van der Waals surface area contributed by atoms with Crippen LogP contribution in [0.2, 0.25) is 0 Å². The number of hydrogen-bond acceptors (Lipinski definition) is 4. The normalized spacial score (nSPS) is 15.4. The van der Waals surface area contributed by atoms with E-state index in [4.69, 9.17) is 4.98 Å². The van der Waals surface area contributed by atoms with Gasteiger partial charge in [-0.25, -0.2) is 4.98 Å². The van der Waals surface area contributed by atoms with E-state index in [1.165, 1.54) is 20.2 Å². The van der Waals surface area contributed by atoms with Crippen molar-refractivity contribution in [3.63, 3.8) is 0 Å². The van der Waals surface area contributed by atoms with E-state index in [1.807, 2.05) is 22.3 Å². The molecule has 0 bridgehead atoms. The molecule has 27 heavy (non-hydrogen) atoms. The molecule has 0 atom stereocenters. The van der Waals surface area contributed by atoms with Gasteiger partial charge in [-0.2, -0.15) is 0 Å². The number of carbonyl (C=O) groups is 1. The fourth-order valence-corrected chi connectivity index (χ4v) is 5.47. The van der Waals surface area contributed by atoms with Gasteiger partial charge in [0.25, 0.3) is 0 Å². The molecule has 2 heterocycles. The zero-order valence-corrected chi connectivity index (χ0v) is 17.2. The number of nitrogens with zero attached hydrogens (tertiary/aromatic N) is 2. The minimum absolute atomic E-state index is 0.289.